The van der Waals surface area contributed by atoms with E-state index in [1.807, 2.05) is 6.92 Å². The van der Waals surface area contributed by atoms with Gasteiger partial charge in [-0.15, -0.1) is 0 Å². The molecule has 5 nitrogen and oxygen atoms in total. The van der Waals surface area contributed by atoms with Crippen molar-refractivity contribution in [3.8, 4) is 5.75 Å². The average Bonchev–Trinajstić information content (AvgIpc) is 2.83. The summed E-state index contributed by atoms with van der Waals surface area (Å²) in [5, 5.41) is 6.71. The van der Waals surface area contributed by atoms with Gasteiger partial charge in [0.25, 0.3) is 5.91 Å². The number of aryl methyl sites for hydroxylation is 1. The van der Waals surface area contributed by atoms with Crippen molar-refractivity contribution >= 4 is 34.8 Å². The standard InChI is InChI=1S/C13H11Cl2F2N3O2/c1-2-20-6-9(15)11(19-20)12(21)18-7-3-4-10(8(14)5-7)22-13(16)17/h3-6,13H,2H2,1H3,(H,18,21). The van der Waals surface area contributed by atoms with Gasteiger partial charge in [0.1, 0.15) is 5.75 Å². The first-order valence-corrected chi connectivity index (χ1v) is 6.95. The number of ether oxygens (including phenoxy) is 1. The maximum atomic E-state index is 12.1. The summed E-state index contributed by atoms with van der Waals surface area (Å²) in [6, 6.07) is 3.91. The van der Waals surface area contributed by atoms with E-state index in [4.69, 9.17) is 23.2 Å². The van der Waals surface area contributed by atoms with Crippen LogP contribution in [0.15, 0.2) is 24.4 Å². The predicted octanol–water partition coefficient (Wildman–Crippen LogP) is 4.06. The number of rotatable bonds is 5. The van der Waals surface area contributed by atoms with Gasteiger partial charge in [0.15, 0.2) is 5.69 Å². The molecule has 2 rings (SSSR count). The summed E-state index contributed by atoms with van der Waals surface area (Å²) in [5.74, 6) is -0.709. The first kappa shape index (κ1) is 16.5. The number of benzene rings is 1. The largest absolute Gasteiger partial charge is 0.433 e. The summed E-state index contributed by atoms with van der Waals surface area (Å²) in [5.41, 5.74) is 0.367. The van der Waals surface area contributed by atoms with Crippen molar-refractivity contribution in [1.29, 1.82) is 0 Å². The molecule has 0 saturated carbocycles. The molecule has 0 aliphatic rings. The monoisotopic (exact) mass is 349 g/mol. The Balaban J connectivity index is 2.14. The summed E-state index contributed by atoms with van der Waals surface area (Å²) >= 11 is 11.7. The molecule has 1 N–H and O–H groups in total. The number of alkyl halides is 2. The summed E-state index contributed by atoms with van der Waals surface area (Å²) < 4.78 is 30.0. The SMILES string of the molecule is CCn1cc(Cl)c(C(=O)Nc2ccc(OC(F)F)c(Cl)c2)n1. The first-order valence-electron chi connectivity index (χ1n) is 6.19. The summed E-state index contributed by atoms with van der Waals surface area (Å²) in [6.45, 7) is -0.555. The van der Waals surface area contributed by atoms with Gasteiger partial charge in [-0.05, 0) is 25.1 Å². The lowest BCUT2D eigenvalue weighted by Crippen LogP contribution is -2.14. The minimum absolute atomic E-state index is 0.0525. The molecule has 1 aromatic carbocycles. The smallest absolute Gasteiger partial charge is 0.387 e. The maximum absolute atomic E-state index is 12.1. The average molecular weight is 350 g/mol. The fraction of sp³-hybridized carbons (Fsp3) is 0.231. The van der Waals surface area contributed by atoms with Gasteiger partial charge in [0.05, 0.1) is 10.0 Å². The highest BCUT2D eigenvalue weighted by Crippen LogP contribution is 2.29. The van der Waals surface area contributed by atoms with Crippen LogP contribution in [0.1, 0.15) is 17.4 Å². The fourth-order valence-electron chi connectivity index (χ4n) is 1.67. The Kier molecular flexibility index (Phi) is 5.20. The molecule has 1 aromatic heterocycles. The third kappa shape index (κ3) is 3.86. The lowest BCUT2D eigenvalue weighted by Gasteiger charge is -2.09. The topological polar surface area (TPSA) is 56.2 Å². The lowest BCUT2D eigenvalue weighted by molar-refractivity contribution is -0.0497. The van der Waals surface area contributed by atoms with Crippen LogP contribution in [0.3, 0.4) is 0 Å². The van der Waals surface area contributed by atoms with Crippen molar-refractivity contribution in [1.82, 2.24) is 9.78 Å². The van der Waals surface area contributed by atoms with Gasteiger partial charge >= 0.3 is 6.61 Å². The van der Waals surface area contributed by atoms with Crippen molar-refractivity contribution in [3.63, 3.8) is 0 Å². The Hall–Kier alpha value is -1.86. The number of hydrogen-bond donors (Lipinski definition) is 1. The van der Waals surface area contributed by atoms with Crippen LogP contribution in [-0.4, -0.2) is 22.3 Å². The lowest BCUT2D eigenvalue weighted by atomic mass is 10.3. The molecule has 22 heavy (non-hydrogen) atoms. The van der Waals surface area contributed by atoms with E-state index in [-0.39, 0.29) is 21.5 Å². The third-order valence-electron chi connectivity index (χ3n) is 2.66. The van der Waals surface area contributed by atoms with E-state index >= 15 is 0 Å². The number of carbonyl (C=O) groups excluding carboxylic acids is 1. The minimum atomic E-state index is -2.98. The van der Waals surface area contributed by atoms with E-state index in [0.717, 1.165) is 0 Å². The number of hydrogen-bond acceptors (Lipinski definition) is 3. The molecule has 2 aromatic rings. The number of anilines is 1. The van der Waals surface area contributed by atoms with Crippen LogP contribution < -0.4 is 10.1 Å². The zero-order valence-corrected chi connectivity index (χ0v) is 12.8. The minimum Gasteiger partial charge on any atom is -0.433 e. The van der Waals surface area contributed by atoms with E-state index in [1.165, 1.54) is 29.1 Å². The summed E-state index contributed by atoms with van der Waals surface area (Å²) in [4.78, 5) is 12.1. The van der Waals surface area contributed by atoms with Crippen molar-refractivity contribution in [2.45, 2.75) is 20.1 Å². The molecule has 1 amide bonds. The molecule has 0 atom stereocenters. The van der Waals surface area contributed by atoms with Crippen LogP contribution >= 0.6 is 23.2 Å². The van der Waals surface area contributed by atoms with Crippen LogP contribution in [0.2, 0.25) is 10.0 Å². The van der Waals surface area contributed by atoms with E-state index < -0.39 is 12.5 Å². The quantitative estimate of drug-likeness (QED) is 0.885. The highest BCUT2D eigenvalue weighted by Gasteiger charge is 2.16. The number of aromatic nitrogens is 2. The van der Waals surface area contributed by atoms with Crippen LogP contribution in [0.4, 0.5) is 14.5 Å². The summed E-state index contributed by atoms with van der Waals surface area (Å²) in [6.07, 6.45) is 1.53. The van der Waals surface area contributed by atoms with Crippen molar-refractivity contribution in [2.24, 2.45) is 0 Å². The molecule has 0 spiro atoms. The van der Waals surface area contributed by atoms with Crippen molar-refractivity contribution in [2.75, 3.05) is 5.32 Å². The molecular weight excluding hydrogens is 339 g/mol. The molecule has 9 heteroatoms. The van der Waals surface area contributed by atoms with Crippen LogP contribution in [0.25, 0.3) is 0 Å². The van der Waals surface area contributed by atoms with Crippen molar-refractivity contribution < 1.29 is 18.3 Å². The summed E-state index contributed by atoms with van der Waals surface area (Å²) in [7, 11) is 0. The van der Waals surface area contributed by atoms with Gasteiger partial charge in [-0.3, -0.25) is 9.48 Å². The molecule has 0 aliphatic carbocycles. The second-order valence-corrected chi connectivity index (χ2v) is 4.97. The second-order valence-electron chi connectivity index (χ2n) is 4.16. The van der Waals surface area contributed by atoms with Gasteiger partial charge < -0.3 is 10.1 Å². The zero-order valence-electron chi connectivity index (χ0n) is 11.3. The highest BCUT2D eigenvalue weighted by atomic mass is 35.5. The molecule has 0 bridgehead atoms. The zero-order chi connectivity index (χ0) is 16.3. The Morgan fingerprint density at radius 2 is 2.14 bits per heavy atom. The Morgan fingerprint density at radius 1 is 1.41 bits per heavy atom. The van der Waals surface area contributed by atoms with Gasteiger partial charge in [-0.1, -0.05) is 23.2 Å². The fourth-order valence-corrected chi connectivity index (χ4v) is 2.13. The van der Waals surface area contributed by atoms with E-state index in [1.54, 1.807) is 0 Å². The molecule has 0 radical (unpaired) electrons. The van der Waals surface area contributed by atoms with Gasteiger partial charge in [0.2, 0.25) is 0 Å². The van der Waals surface area contributed by atoms with Gasteiger partial charge in [-0.2, -0.15) is 13.9 Å². The van der Waals surface area contributed by atoms with E-state index in [0.29, 0.717) is 12.2 Å². The highest BCUT2D eigenvalue weighted by molar-refractivity contribution is 6.34. The second kappa shape index (κ2) is 6.93. The number of halogens is 4. The number of amides is 1. The van der Waals surface area contributed by atoms with Gasteiger partial charge in [-0.25, -0.2) is 0 Å². The predicted molar refractivity (Wildman–Crippen MR) is 78.9 cm³/mol. The molecular formula is C13H11Cl2F2N3O2. The van der Waals surface area contributed by atoms with Crippen LogP contribution in [0, 0.1) is 0 Å². The molecule has 0 unspecified atom stereocenters. The number of carbonyl (C=O) groups is 1. The van der Waals surface area contributed by atoms with E-state index in [9.17, 15) is 13.6 Å². The van der Waals surface area contributed by atoms with Gasteiger partial charge in [0, 0.05) is 18.4 Å². The Labute approximate surface area is 134 Å². The Bertz CT molecular complexity index is 692. The molecule has 118 valence electrons. The van der Waals surface area contributed by atoms with Crippen LogP contribution in [0.5, 0.6) is 5.75 Å². The normalized spacial score (nSPS) is 10.8. The molecule has 1 heterocycles. The maximum Gasteiger partial charge on any atom is 0.387 e. The third-order valence-corrected chi connectivity index (χ3v) is 3.23. The van der Waals surface area contributed by atoms with E-state index in [2.05, 4.69) is 15.2 Å². The molecule has 0 fully saturated rings. The first-order chi connectivity index (χ1) is 10.4. The Morgan fingerprint density at radius 3 is 2.68 bits per heavy atom. The number of nitrogens with zero attached hydrogens (tertiary/aromatic N) is 2. The molecule has 0 saturated heterocycles. The molecule has 0 aliphatic heterocycles. The van der Waals surface area contributed by atoms with Crippen molar-refractivity contribution in [3.05, 3.63) is 40.1 Å². The number of nitrogens with one attached hydrogen (secondary N) is 1. The van der Waals surface area contributed by atoms with Crippen LogP contribution in [-0.2, 0) is 6.54 Å².